The minimum Gasteiger partial charge on any atom is -0.312 e. The molecule has 4 amide bonds. The zero-order valence-electron chi connectivity index (χ0n) is 13.6. The number of aryl methyl sites for hydroxylation is 1. The number of hydrogen-bond donors (Lipinski definition) is 2. The molecule has 0 bridgehead atoms. The summed E-state index contributed by atoms with van der Waals surface area (Å²) < 4.78 is 14.2. The summed E-state index contributed by atoms with van der Waals surface area (Å²) in [7, 11) is 0. The largest absolute Gasteiger partial charge is 0.323 e. The number of carbonyl (C=O) groups excluding carboxylic acids is 3. The Labute approximate surface area is 152 Å². The minimum absolute atomic E-state index is 0.135. The van der Waals surface area contributed by atoms with Gasteiger partial charge in [-0.3, -0.25) is 14.9 Å². The summed E-state index contributed by atoms with van der Waals surface area (Å²) in [6, 6.07) is 8.60. The number of nitrogens with one attached hydrogen (secondary N) is 2. The number of halogens is 2. The molecular formula is C18H13ClFN3O3. The van der Waals surface area contributed by atoms with Crippen LogP contribution in [0.25, 0.3) is 0 Å². The molecule has 0 aliphatic carbocycles. The Hall–Kier alpha value is -2.93. The normalized spacial score (nSPS) is 21.2. The van der Waals surface area contributed by atoms with Crippen LogP contribution < -0.4 is 15.5 Å². The quantitative estimate of drug-likeness (QED) is 0.626. The molecule has 2 aromatic rings. The van der Waals surface area contributed by atoms with Gasteiger partial charge < -0.3 is 10.2 Å². The zero-order chi connectivity index (χ0) is 18.6. The first kappa shape index (κ1) is 16.5. The van der Waals surface area contributed by atoms with Gasteiger partial charge in [-0.15, -0.1) is 0 Å². The number of carbonyl (C=O) groups is 3. The molecule has 2 N–H and O–H groups in total. The molecule has 0 saturated carbocycles. The first-order valence-corrected chi connectivity index (χ1v) is 8.22. The zero-order valence-corrected chi connectivity index (χ0v) is 14.4. The molecule has 0 radical (unpaired) electrons. The van der Waals surface area contributed by atoms with Crippen molar-refractivity contribution < 1.29 is 18.8 Å². The second kappa shape index (κ2) is 5.54. The van der Waals surface area contributed by atoms with E-state index in [-0.39, 0.29) is 17.1 Å². The van der Waals surface area contributed by atoms with Crippen LogP contribution in [0, 0.1) is 12.7 Å². The van der Waals surface area contributed by atoms with E-state index in [1.54, 1.807) is 18.2 Å². The maximum atomic E-state index is 14.2. The van der Waals surface area contributed by atoms with Crippen LogP contribution in [0.15, 0.2) is 36.4 Å². The maximum Gasteiger partial charge on any atom is 0.323 e. The molecule has 0 aromatic heterocycles. The van der Waals surface area contributed by atoms with Gasteiger partial charge in [0.25, 0.3) is 11.8 Å². The fourth-order valence-corrected chi connectivity index (χ4v) is 3.63. The van der Waals surface area contributed by atoms with Crippen molar-refractivity contribution in [1.82, 2.24) is 10.6 Å². The van der Waals surface area contributed by atoms with Crippen molar-refractivity contribution in [2.75, 3.05) is 4.90 Å². The molecule has 1 saturated heterocycles. The summed E-state index contributed by atoms with van der Waals surface area (Å²) in [5.41, 5.74) is -0.0991. The van der Waals surface area contributed by atoms with Crippen LogP contribution >= 0.6 is 11.6 Å². The predicted octanol–water partition coefficient (Wildman–Crippen LogP) is 2.37. The number of benzene rings is 2. The van der Waals surface area contributed by atoms with Gasteiger partial charge in [0, 0.05) is 16.1 Å². The molecule has 8 heteroatoms. The van der Waals surface area contributed by atoms with E-state index in [1.807, 2.05) is 6.92 Å². The molecule has 4 rings (SSSR count). The Balaban J connectivity index is 1.87. The molecule has 6 nitrogen and oxygen atoms in total. The number of nitrogens with zero attached hydrogens (tertiary/aromatic N) is 1. The molecule has 2 aromatic carbocycles. The third-order valence-electron chi connectivity index (χ3n) is 4.66. The van der Waals surface area contributed by atoms with Crippen LogP contribution in [0.1, 0.15) is 16.7 Å². The average molecular weight is 374 g/mol. The van der Waals surface area contributed by atoms with Gasteiger partial charge in [-0.05, 0) is 25.1 Å². The highest BCUT2D eigenvalue weighted by Crippen LogP contribution is 2.43. The summed E-state index contributed by atoms with van der Waals surface area (Å²) in [5.74, 6) is -1.96. The molecule has 1 atom stereocenters. The predicted molar refractivity (Wildman–Crippen MR) is 92.1 cm³/mol. The van der Waals surface area contributed by atoms with E-state index in [1.165, 1.54) is 23.1 Å². The molecule has 26 heavy (non-hydrogen) atoms. The Kier molecular flexibility index (Phi) is 3.52. The summed E-state index contributed by atoms with van der Waals surface area (Å²) in [6.07, 6.45) is 0. The topological polar surface area (TPSA) is 78.5 Å². The maximum absolute atomic E-state index is 14.2. The Bertz CT molecular complexity index is 973. The van der Waals surface area contributed by atoms with Crippen LogP contribution in [0.5, 0.6) is 0 Å². The number of hydrogen-bond acceptors (Lipinski definition) is 3. The van der Waals surface area contributed by atoms with Gasteiger partial charge in [0.2, 0.25) is 5.54 Å². The van der Waals surface area contributed by atoms with E-state index in [4.69, 9.17) is 11.6 Å². The molecule has 1 fully saturated rings. The summed E-state index contributed by atoms with van der Waals surface area (Å²) >= 11 is 6.08. The smallest absolute Gasteiger partial charge is 0.312 e. The fraction of sp³-hybridized carbons (Fsp3) is 0.167. The number of rotatable bonds is 2. The van der Waals surface area contributed by atoms with Gasteiger partial charge in [-0.1, -0.05) is 35.4 Å². The van der Waals surface area contributed by atoms with Gasteiger partial charge >= 0.3 is 6.03 Å². The standard InChI is InChI=1S/C18H13ClFN3O3/c1-9-5-6-14-11(7-9)18(15(24)21-17(26)22-18)16(25)23(14)8-10-12(19)3-2-4-13(10)20/h2-7H,8H2,1H3,(H2,21,22,24,26). The highest BCUT2D eigenvalue weighted by molar-refractivity contribution is 6.31. The molecule has 1 spiro atoms. The number of urea groups is 1. The lowest BCUT2D eigenvalue weighted by Gasteiger charge is -2.22. The fourth-order valence-electron chi connectivity index (χ4n) is 3.41. The average Bonchev–Trinajstić information content (AvgIpc) is 3.00. The van der Waals surface area contributed by atoms with Crippen LogP contribution in [-0.4, -0.2) is 17.8 Å². The van der Waals surface area contributed by atoms with Gasteiger partial charge in [0.15, 0.2) is 0 Å². The van der Waals surface area contributed by atoms with Gasteiger partial charge in [-0.25, -0.2) is 9.18 Å². The first-order chi connectivity index (χ1) is 12.3. The number of anilines is 1. The van der Waals surface area contributed by atoms with Crippen molar-refractivity contribution >= 4 is 35.1 Å². The second-order valence-corrected chi connectivity index (χ2v) is 6.68. The second-order valence-electron chi connectivity index (χ2n) is 6.27. The first-order valence-electron chi connectivity index (χ1n) is 7.84. The monoisotopic (exact) mass is 373 g/mol. The minimum atomic E-state index is -1.84. The van der Waals surface area contributed by atoms with E-state index in [0.29, 0.717) is 11.3 Å². The van der Waals surface area contributed by atoms with Crippen LogP contribution in [0.4, 0.5) is 14.9 Å². The van der Waals surface area contributed by atoms with E-state index < -0.39 is 29.2 Å². The summed E-state index contributed by atoms with van der Waals surface area (Å²) in [4.78, 5) is 38.6. The van der Waals surface area contributed by atoms with Gasteiger partial charge in [0.1, 0.15) is 5.82 Å². The molecule has 1 unspecified atom stereocenters. The van der Waals surface area contributed by atoms with E-state index in [0.717, 1.165) is 5.56 Å². The highest BCUT2D eigenvalue weighted by atomic mass is 35.5. The highest BCUT2D eigenvalue weighted by Gasteiger charge is 2.61. The molecule has 2 aliphatic heterocycles. The van der Waals surface area contributed by atoms with Crippen molar-refractivity contribution in [1.29, 1.82) is 0 Å². The lowest BCUT2D eigenvalue weighted by Crippen LogP contribution is -2.52. The van der Waals surface area contributed by atoms with Crippen molar-refractivity contribution in [2.24, 2.45) is 0 Å². The summed E-state index contributed by atoms with van der Waals surface area (Å²) in [6.45, 7) is 1.65. The van der Waals surface area contributed by atoms with Gasteiger partial charge in [-0.2, -0.15) is 0 Å². The van der Waals surface area contributed by atoms with Crippen molar-refractivity contribution in [3.63, 3.8) is 0 Å². The molecule has 2 aliphatic rings. The van der Waals surface area contributed by atoms with Crippen molar-refractivity contribution in [3.8, 4) is 0 Å². The van der Waals surface area contributed by atoms with Crippen LogP contribution in [0.3, 0.4) is 0 Å². The molecular weight excluding hydrogens is 361 g/mol. The lowest BCUT2D eigenvalue weighted by atomic mass is 9.90. The number of imide groups is 1. The third kappa shape index (κ3) is 2.13. The van der Waals surface area contributed by atoms with Crippen molar-refractivity contribution in [2.45, 2.75) is 19.0 Å². The Morgan fingerprint density at radius 1 is 1.19 bits per heavy atom. The van der Waals surface area contributed by atoms with E-state index >= 15 is 0 Å². The number of amides is 4. The Morgan fingerprint density at radius 3 is 2.62 bits per heavy atom. The van der Waals surface area contributed by atoms with Crippen molar-refractivity contribution in [3.05, 3.63) is 63.9 Å². The van der Waals surface area contributed by atoms with Crippen LogP contribution in [0.2, 0.25) is 5.02 Å². The van der Waals surface area contributed by atoms with Crippen LogP contribution in [-0.2, 0) is 21.7 Å². The molecule has 132 valence electrons. The Morgan fingerprint density at radius 2 is 1.96 bits per heavy atom. The molecule has 2 heterocycles. The van der Waals surface area contributed by atoms with Gasteiger partial charge in [0.05, 0.1) is 12.2 Å². The summed E-state index contributed by atoms with van der Waals surface area (Å²) in [5, 5.41) is 4.72. The third-order valence-corrected chi connectivity index (χ3v) is 5.01. The SMILES string of the molecule is Cc1ccc2c(c1)C1(NC(=O)NC1=O)C(=O)N2Cc1c(F)cccc1Cl. The van der Waals surface area contributed by atoms with E-state index in [9.17, 15) is 18.8 Å². The van der Waals surface area contributed by atoms with E-state index in [2.05, 4.69) is 10.6 Å². The number of fused-ring (bicyclic) bond motifs is 2. The lowest BCUT2D eigenvalue weighted by molar-refractivity contribution is -0.134.